The summed E-state index contributed by atoms with van der Waals surface area (Å²) in [4.78, 5) is 17.2. The minimum absolute atomic E-state index is 0. The summed E-state index contributed by atoms with van der Waals surface area (Å²) in [7, 11) is 0. The zero-order chi connectivity index (χ0) is 17.9. The average molecular weight is 427 g/mol. The minimum Gasteiger partial charge on any atom is -0.368 e. The number of nitrogens with one attached hydrogen (secondary N) is 1. The van der Waals surface area contributed by atoms with E-state index >= 15 is 0 Å². The second kappa shape index (κ2) is 10.1. The summed E-state index contributed by atoms with van der Waals surface area (Å²) < 4.78 is 1.95. The van der Waals surface area contributed by atoms with Crippen LogP contribution in [0.25, 0.3) is 0 Å². The van der Waals surface area contributed by atoms with E-state index in [-0.39, 0.29) is 30.7 Å². The van der Waals surface area contributed by atoms with Crippen molar-refractivity contribution in [3.8, 4) is 0 Å². The maximum atomic E-state index is 12.9. The van der Waals surface area contributed by atoms with Gasteiger partial charge in [0.2, 0.25) is 0 Å². The van der Waals surface area contributed by atoms with Gasteiger partial charge < -0.3 is 15.1 Å². The van der Waals surface area contributed by atoms with E-state index in [1.165, 1.54) is 5.69 Å². The number of piperazine rings is 1. The highest BCUT2D eigenvalue weighted by Gasteiger charge is 2.28. The van der Waals surface area contributed by atoms with Gasteiger partial charge in [0, 0.05) is 31.9 Å². The van der Waals surface area contributed by atoms with Crippen molar-refractivity contribution in [1.82, 2.24) is 25.2 Å². The van der Waals surface area contributed by atoms with E-state index in [2.05, 4.69) is 44.8 Å². The van der Waals surface area contributed by atoms with Crippen LogP contribution in [0.4, 0.5) is 5.69 Å². The van der Waals surface area contributed by atoms with Gasteiger partial charge in [-0.25, -0.2) is 4.68 Å². The predicted octanol–water partition coefficient (Wildman–Crippen LogP) is 2.32. The van der Waals surface area contributed by atoms with E-state index in [0.29, 0.717) is 24.8 Å². The summed E-state index contributed by atoms with van der Waals surface area (Å²) in [6, 6.07) is 10.7. The molecule has 2 aliphatic rings. The number of carbonyl (C=O) groups is 1. The summed E-state index contributed by atoms with van der Waals surface area (Å²) in [5.41, 5.74) is 2.62. The molecular weight excluding hydrogens is 399 g/mol. The third-order valence-corrected chi connectivity index (χ3v) is 5.47. The van der Waals surface area contributed by atoms with Crippen LogP contribution in [0.5, 0.6) is 0 Å². The first-order chi connectivity index (χ1) is 12.7. The topological polar surface area (TPSA) is 66.3 Å². The Morgan fingerprint density at radius 3 is 2.32 bits per heavy atom. The van der Waals surface area contributed by atoms with Crippen LogP contribution in [-0.2, 0) is 0 Å². The lowest BCUT2D eigenvalue weighted by atomic mass is 10.1. The van der Waals surface area contributed by atoms with Gasteiger partial charge in [0.05, 0.1) is 11.7 Å². The Bertz CT molecular complexity index is 755. The molecule has 4 rings (SSSR count). The molecule has 0 bridgehead atoms. The molecule has 1 N–H and O–H groups in total. The van der Waals surface area contributed by atoms with Crippen LogP contribution < -0.4 is 10.2 Å². The summed E-state index contributed by atoms with van der Waals surface area (Å²) in [6.45, 7) is 7.08. The molecule has 0 aliphatic carbocycles. The van der Waals surface area contributed by atoms with Gasteiger partial charge in [-0.3, -0.25) is 4.79 Å². The number of carbonyl (C=O) groups excluding carboxylic acids is 1. The predicted molar refractivity (Wildman–Crippen MR) is 115 cm³/mol. The molecule has 0 radical (unpaired) electrons. The molecular formula is C19H28Cl2N6O. The number of rotatable bonds is 3. The number of hydrogen-bond acceptors (Lipinski definition) is 5. The highest BCUT2D eigenvalue weighted by atomic mass is 35.5. The van der Waals surface area contributed by atoms with Crippen LogP contribution in [-0.4, -0.2) is 65.1 Å². The molecule has 0 unspecified atom stereocenters. The van der Waals surface area contributed by atoms with Crippen LogP contribution in [0, 0.1) is 6.92 Å². The Morgan fingerprint density at radius 1 is 1.04 bits per heavy atom. The number of benzene rings is 1. The fourth-order valence-electron chi connectivity index (χ4n) is 3.89. The molecule has 9 heteroatoms. The summed E-state index contributed by atoms with van der Waals surface area (Å²) in [6.07, 6.45) is 2.07. The lowest BCUT2D eigenvalue weighted by Gasteiger charge is -2.35. The van der Waals surface area contributed by atoms with Gasteiger partial charge >= 0.3 is 0 Å². The second-order valence-electron chi connectivity index (χ2n) is 7.06. The van der Waals surface area contributed by atoms with E-state index in [1.54, 1.807) is 0 Å². The molecule has 28 heavy (non-hydrogen) atoms. The summed E-state index contributed by atoms with van der Waals surface area (Å²) in [5, 5.41) is 11.9. The van der Waals surface area contributed by atoms with Crippen LogP contribution >= 0.6 is 24.8 Å². The number of amides is 1. The number of halogens is 2. The van der Waals surface area contributed by atoms with Crippen molar-refractivity contribution in [3.05, 3.63) is 41.7 Å². The number of nitrogens with zero attached hydrogens (tertiary/aromatic N) is 5. The van der Waals surface area contributed by atoms with Crippen molar-refractivity contribution in [1.29, 1.82) is 0 Å². The van der Waals surface area contributed by atoms with Crippen molar-refractivity contribution in [3.63, 3.8) is 0 Å². The van der Waals surface area contributed by atoms with E-state index in [0.717, 1.165) is 44.7 Å². The highest BCUT2D eigenvalue weighted by Crippen LogP contribution is 2.22. The average Bonchev–Trinajstić information content (AvgIpc) is 3.10. The molecule has 2 aromatic rings. The van der Waals surface area contributed by atoms with Gasteiger partial charge in [-0.05, 0) is 45.0 Å². The van der Waals surface area contributed by atoms with Gasteiger partial charge in [0.25, 0.3) is 5.91 Å². The lowest BCUT2D eigenvalue weighted by molar-refractivity contribution is 0.0740. The van der Waals surface area contributed by atoms with Crippen LogP contribution in [0.15, 0.2) is 30.3 Å². The first-order valence-corrected chi connectivity index (χ1v) is 9.46. The standard InChI is InChI=1S/C19H26N6O.2ClH/c1-15-18(21-22-25(15)17-7-9-20-10-8-17)19(26)24-13-11-23(12-14-24)16-5-3-2-4-6-16;;/h2-6,17,20H,7-14H2,1H3;2*1H. The van der Waals surface area contributed by atoms with E-state index in [4.69, 9.17) is 0 Å². The molecule has 3 heterocycles. The Balaban J connectivity index is 0.00000140. The quantitative estimate of drug-likeness (QED) is 0.815. The Morgan fingerprint density at radius 2 is 1.68 bits per heavy atom. The molecule has 154 valence electrons. The van der Waals surface area contributed by atoms with Crippen LogP contribution in [0.2, 0.25) is 0 Å². The molecule has 1 aromatic heterocycles. The van der Waals surface area contributed by atoms with Crippen molar-refractivity contribution in [2.24, 2.45) is 0 Å². The minimum atomic E-state index is 0. The number of aromatic nitrogens is 3. The number of hydrogen-bond donors (Lipinski definition) is 1. The van der Waals surface area contributed by atoms with Crippen molar-refractivity contribution in [2.75, 3.05) is 44.2 Å². The molecule has 1 aromatic carbocycles. The van der Waals surface area contributed by atoms with Crippen molar-refractivity contribution >= 4 is 36.4 Å². The second-order valence-corrected chi connectivity index (χ2v) is 7.06. The van der Waals surface area contributed by atoms with Gasteiger partial charge in [0.1, 0.15) is 0 Å². The number of piperidine rings is 1. The molecule has 0 atom stereocenters. The molecule has 2 aliphatic heterocycles. The van der Waals surface area contributed by atoms with Crippen LogP contribution in [0.3, 0.4) is 0 Å². The normalized spacial score (nSPS) is 17.6. The first kappa shape index (κ1) is 22.5. The van der Waals surface area contributed by atoms with E-state index < -0.39 is 0 Å². The van der Waals surface area contributed by atoms with E-state index in [1.807, 2.05) is 22.6 Å². The SMILES string of the molecule is Cc1c(C(=O)N2CCN(c3ccccc3)CC2)nnn1C1CCNCC1.Cl.Cl. The fraction of sp³-hybridized carbons (Fsp3) is 0.526. The van der Waals surface area contributed by atoms with Gasteiger partial charge in [0.15, 0.2) is 5.69 Å². The molecule has 0 saturated carbocycles. The molecule has 2 saturated heterocycles. The highest BCUT2D eigenvalue weighted by molar-refractivity contribution is 5.93. The molecule has 7 nitrogen and oxygen atoms in total. The smallest absolute Gasteiger partial charge is 0.276 e. The fourth-order valence-corrected chi connectivity index (χ4v) is 3.89. The van der Waals surface area contributed by atoms with Crippen LogP contribution in [0.1, 0.15) is 35.1 Å². The van der Waals surface area contributed by atoms with E-state index in [9.17, 15) is 4.79 Å². The number of para-hydroxylation sites is 1. The van der Waals surface area contributed by atoms with Crippen molar-refractivity contribution < 1.29 is 4.79 Å². The lowest BCUT2D eigenvalue weighted by Crippen LogP contribution is -2.49. The monoisotopic (exact) mass is 426 g/mol. The molecule has 1 amide bonds. The number of anilines is 1. The van der Waals surface area contributed by atoms with Gasteiger partial charge in [-0.15, -0.1) is 29.9 Å². The zero-order valence-corrected chi connectivity index (χ0v) is 17.7. The van der Waals surface area contributed by atoms with Crippen molar-refractivity contribution in [2.45, 2.75) is 25.8 Å². The molecule has 0 spiro atoms. The third kappa shape index (κ3) is 4.59. The van der Waals surface area contributed by atoms with Gasteiger partial charge in [-0.1, -0.05) is 23.4 Å². The van der Waals surface area contributed by atoms with Gasteiger partial charge in [-0.2, -0.15) is 0 Å². The summed E-state index contributed by atoms with van der Waals surface area (Å²) in [5.74, 6) is 0.00963. The zero-order valence-electron chi connectivity index (χ0n) is 16.1. The molecule has 2 fully saturated rings. The largest absolute Gasteiger partial charge is 0.368 e. The maximum absolute atomic E-state index is 12.9. The maximum Gasteiger partial charge on any atom is 0.276 e. The Kier molecular flexibility index (Phi) is 8.10. The summed E-state index contributed by atoms with van der Waals surface area (Å²) >= 11 is 0. The Labute approximate surface area is 178 Å². The first-order valence-electron chi connectivity index (χ1n) is 9.46. The third-order valence-electron chi connectivity index (χ3n) is 5.47. The Hall–Kier alpha value is -1.83.